The molecule has 3 N–H and O–H groups in total. The van der Waals surface area contributed by atoms with Crippen molar-refractivity contribution in [3.63, 3.8) is 0 Å². The SMILES string of the molecule is COc1ccc(Cl)cc1NS(=O)(=O)c1ccccc1CN. The van der Waals surface area contributed by atoms with Crippen LogP contribution in [0.15, 0.2) is 47.4 Å². The lowest BCUT2D eigenvalue weighted by Gasteiger charge is -2.14. The Morgan fingerprint density at radius 2 is 1.95 bits per heavy atom. The number of hydrogen-bond donors (Lipinski definition) is 2. The minimum Gasteiger partial charge on any atom is -0.495 e. The van der Waals surface area contributed by atoms with Gasteiger partial charge >= 0.3 is 0 Å². The molecule has 5 nitrogen and oxygen atoms in total. The number of sulfonamides is 1. The van der Waals surface area contributed by atoms with Gasteiger partial charge in [-0.2, -0.15) is 0 Å². The smallest absolute Gasteiger partial charge is 0.262 e. The second-order valence-electron chi connectivity index (χ2n) is 4.26. The summed E-state index contributed by atoms with van der Waals surface area (Å²) in [7, 11) is -2.32. The quantitative estimate of drug-likeness (QED) is 0.885. The molecule has 0 radical (unpaired) electrons. The van der Waals surface area contributed by atoms with Crippen molar-refractivity contribution in [1.82, 2.24) is 0 Å². The Balaban J connectivity index is 2.45. The van der Waals surface area contributed by atoms with E-state index >= 15 is 0 Å². The zero-order valence-electron chi connectivity index (χ0n) is 11.3. The van der Waals surface area contributed by atoms with Gasteiger partial charge in [0.2, 0.25) is 0 Å². The van der Waals surface area contributed by atoms with E-state index in [1.54, 1.807) is 30.3 Å². The van der Waals surface area contributed by atoms with Crippen LogP contribution in [0.3, 0.4) is 0 Å². The summed E-state index contributed by atoms with van der Waals surface area (Å²) in [4.78, 5) is 0.134. The average Bonchev–Trinajstić information content (AvgIpc) is 2.47. The van der Waals surface area contributed by atoms with Crippen molar-refractivity contribution in [3.05, 3.63) is 53.1 Å². The van der Waals surface area contributed by atoms with Crippen LogP contribution < -0.4 is 15.2 Å². The van der Waals surface area contributed by atoms with Crippen LogP contribution >= 0.6 is 11.6 Å². The van der Waals surface area contributed by atoms with Gasteiger partial charge in [0.15, 0.2) is 0 Å². The molecule has 0 fully saturated rings. The molecule has 0 spiro atoms. The summed E-state index contributed by atoms with van der Waals surface area (Å²) in [5.41, 5.74) is 6.39. The van der Waals surface area contributed by atoms with E-state index in [0.29, 0.717) is 16.3 Å². The molecule has 0 saturated carbocycles. The van der Waals surface area contributed by atoms with Gasteiger partial charge in [0.25, 0.3) is 10.0 Å². The average molecular weight is 327 g/mol. The summed E-state index contributed by atoms with van der Waals surface area (Å²) in [5, 5.41) is 0.403. The largest absolute Gasteiger partial charge is 0.495 e. The summed E-state index contributed by atoms with van der Waals surface area (Å²) in [6, 6.07) is 11.2. The van der Waals surface area contributed by atoms with Crippen molar-refractivity contribution in [1.29, 1.82) is 0 Å². The highest BCUT2D eigenvalue weighted by Crippen LogP contribution is 2.30. The highest BCUT2D eigenvalue weighted by molar-refractivity contribution is 7.92. The Bertz CT molecular complexity index is 748. The zero-order chi connectivity index (χ0) is 15.5. The Morgan fingerprint density at radius 1 is 1.24 bits per heavy atom. The van der Waals surface area contributed by atoms with Gasteiger partial charge in [0.1, 0.15) is 5.75 Å². The molecule has 0 aliphatic heterocycles. The summed E-state index contributed by atoms with van der Waals surface area (Å²) < 4.78 is 32.6. The Labute approximate surface area is 128 Å². The number of halogens is 1. The number of nitrogens with one attached hydrogen (secondary N) is 1. The molecule has 21 heavy (non-hydrogen) atoms. The van der Waals surface area contributed by atoms with Gasteiger partial charge in [-0.3, -0.25) is 4.72 Å². The molecule has 2 rings (SSSR count). The normalized spacial score (nSPS) is 11.2. The minimum absolute atomic E-state index is 0.129. The molecule has 0 aliphatic rings. The van der Waals surface area contributed by atoms with Gasteiger partial charge in [-0.25, -0.2) is 8.42 Å². The molecule has 112 valence electrons. The molecular weight excluding hydrogens is 312 g/mol. The number of anilines is 1. The Morgan fingerprint density at radius 3 is 2.62 bits per heavy atom. The van der Waals surface area contributed by atoms with E-state index in [2.05, 4.69) is 4.72 Å². The van der Waals surface area contributed by atoms with Crippen LogP contribution in [0.25, 0.3) is 0 Å². The molecule has 0 aromatic heterocycles. The van der Waals surface area contributed by atoms with Gasteiger partial charge < -0.3 is 10.5 Å². The van der Waals surface area contributed by atoms with Gasteiger partial charge in [-0.05, 0) is 29.8 Å². The number of methoxy groups -OCH3 is 1. The summed E-state index contributed by atoms with van der Waals surface area (Å²) in [5.74, 6) is 0.383. The van der Waals surface area contributed by atoms with Gasteiger partial charge in [0.05, 0.1) is 17.7 Å². The number of benzene rings is 2. The molecule has 7 heteroatoms. The fraction of sp³-hybridized carbons (Fsp3) is 0.143. The van der Waals surface area contributed by atoms with Crippen molar-refractivity contribution in [2.24, 2.45) is 5.73 Å². The number of ether oxygens (including phenoxy) is 1. The van der Waals surface area contributed by atoms with E-state index in [1.165, 1.54) is 19.2 Å². The fourth-order valence-electron chi connectivity index (χ4n) is 1.89. The van der Waals surface area contributed by atoms with E-state index in [9.17, 15) is 8.42 Å². The molecule has 0 atom stereocenters. The lowest BCUT2D eigenvalue weighted by Crippen LogP contribution is -2.16. The highest BCUT2D eigenvalue weighted by Gasteiger charge is 2.19. The first-order valence-corrected chi connectivity index (χ1v) is 7.98. The maximum Gasteiger partial charge on any atom is 0.262 e. The lowest BCUT2D eigenvalue weighted by atomic mass is 10.2. The van der Waals surface area contributed by atoms with E-state index in [0.717, 1.165) is 0 Å². The first-order chi connectivity index (χ1) is 9.97. The van der Waals surface area contributed by atoms with Gasteiger partial charge in [-0.1, -0.05) is 29.8 Å². The molecule has 0 unspecified atom stereocenters. The zero-order valence-corrected chi connectivity index (χ0v) is 12.9. The molecule has 0 bridgehead atoms. The first-order valence-electron chi connectivity index (χ1n) is 6.12. The van der Waals surface area contributed by atoms with E-state index < -0.39 is 10.0 Å². The predicted octanol–water partition coefficient (Wildman–Crippen LogP) is 2.61. The number of rotatable bonds is 5. The van der Waals surface area contributed by atoms with Crippen molar-refractivity contribution in [3.8, 4) is 5.75 Å². The Hall–Kier alpha value is -1.76. The summed E-state index contributed by atoms with van der Waals surface area (Å²) >= 11 is 5.90. The number of nitrogens with two attached hydrogens (primary N) is 1. The van der Waals surface area contributed by atoms with Crippen molar-refractivity contribution in [2.75, 3.05) is 11.8 Å². The third-order valence-corrected chi connectivity index (χ3v) is 4.59. The van der Waals surface area contributed by atoms with Crippen LogP contribution in [0.2, 0.25) is 5.02 Å². The molecule has 0 amide bonds. The molecule has 0 heterocycles. The van der Waals surface area contributed by atoms with E-state index in [-0.39, 0.29) is 17.1 Å². The maximum absolute atomic E-state index is 12.5. The van der Waals surface area contributed by atoms with E-state index in [1.807, 2.05) is 0 Å². The standard InChI is InChI=1S/C14H15ClN2O3S/c1-20-13-7-6-11(15)8-12(13)17-21(18,19)14-5-3-2-4-10(14)9-16/h2-8,17H,9,16H2,1H3. The molecule has 0 aliphatic carbocycles. The van der Waals surface area contributed by atoms with Crippen LogP contribution in [0, 0.1) is 0 Å². The predicted molar refractivity (Wildman–Crippen MR) is 83.1 cm³/mol. The maximum atomic E-state index is 12.5. The van der Waals surface area contributed by atoms with Crippen molar-refractivity contribution < 1.29 is 13.2 Å². The minimum atomic E-state index is -3.77. The molecule has 2 aromatic carbocycles. The van der Waals surface area contributed by atoms with Crippen LogP contribution in [-0.4, -0.2) is 15.5 Å². The first kappa shape index (κ1) is 15.6. The Kier molecular flexibility index (Phi) is 4.72. The molecule has 2 aromatic rings. The van der Waals surface area contributed by atoms with Crippen LogP contribution in [0.1, 0.15) is 5.56 Å². The third kappa shape index (κ3) is 3.47. The van der Waals surface area contributed by atoms with Gasteiger partial charge in [-0.15, -0.1) is 0 Å². The van der Waals surface area contributed by atoms with E-state index in [4.69, 9.17) is 22.1 Å². The van der Waals surface area contributed by atoms with Crippen molar-refractivity contribution >= 4 is 27.3 Å². The topological polar surface area (TPSA) is 81.4 Å². The van der Waals surface area contributed by atoms with Crippen molar-refractivity contribution in [2.45, 2.75) is 11.4 Å². The third-order valence-electron chi connectivity index (χ3n) is 2.89. The highest BCUT2D eigenvalue weighted by atomic mass is 35.5. The van der Waals surface area contributed by atoms with Crippen LogP contribution in [-0.2, 0) is 16.6 Å². The fourth-order valence-corrected chi connectivity index (χ4v) is 3.38. The van der Waals surface area contributed by atoms with Gasteiger partial charge in [0, 0.05) is 11.6 Å². The monoisotopic (exact) mass is 326 g/mol. The van der Waals surface area contributed by atoms with Crippen LogP contribution in [0.5, 0.6) is 5.75 Å². The summed E-state index contributed by atoms with van der Waals surface area (Å²) in [6.07, 6.45) is 0. The van der Waals surface area contributed by atoms with Crippen LogP contribution in [0.4, 0.5) is 5.69 Å². The molecule has 0 saturated heterocycles. The second-order valence-corrected chi connectivity index (χ2v) is 6.35. The number of hydrogen-bond acceptors (Lipinski definition) is 4. The molecular formula is C14H15ClN2O3S. The lowest BCUT2D eigenvalue weighted by molar-refractivity contribution is 0.417. The second kappa shape index (κ2) is 6.34. The summed E-state index contributed by atoms with van der Waals surface area (Å²) in [6.45, 7) is 0.129.